The zero-order valence-electron chi connectivity index (χ0n) is 10.1. The fourth-order valence-electron chi connectivity index (χ4n) is 1.51. The lowest BCUT2D eigenvalue weighted by Gasteiger charge is -2.13. The van der Waals surface area contributed by atoms with Crippen LogP contribution in [0.1, 0.15) is 31.3 Å². The average molecular weight is 302 g/mol. The normalized spacial score (nSPS) is 12.4. The van der Waals surface area contributed by atoms with Gasteiger partial charge in [-0.05, 0) is 24.6 Å². The van der Waals surface area contributed by atoms with E-state index in [1.807, 2.05) is 26.0 Å². The number of nitrogens with zero attached hydrogens (tertiary/aromatic N) is 2. The molecule has 0 saturated carbocycles. The predicted octanol–water partition coefficient (Wildman–Crippen LogP) is 4.58. The summed E-state index contributed by atoms with van der Waals surface area (Å²) in [4.78, 5) is 4.37. The Labute approximate surface area is 120 Å². The first-order valence-corrected chi connectivity index (χ1v) is 7.17. The molecule has 0 amide bonds. The number of nitrogens with one attached hydrogen (secondary N) is 1. The minimum atomic E-state index is 0.109. The smallest absolute Gasteiger partial charge is 0.203 e. The molecule has 0 fully saturated rings. The molecule has 1 unspecified atom stereocenters. The van der Waals surface area contributed by atoms with Crippen molar-refractivity contribution in [3.05, 3.63) is 39.6 Å². The second kappa shape index (κ2) is 5.87. The molecule has 0 aliphatic heterocycles. The Morgan fingerprint density at radius 1 is 1.33 bits per heavy atom. The van der Waals surface area contributed by atoms with Crippen molar-refractivity contribution in [3.8, 4) is 0 Å². The Bertz CT molecular complexity index is 542. The molecule has 1 N–H and O–H groups in total. The number of halogens is 2. The number of hydrogen-bond acceptors (Lipinski definition) is 4. The molecular weight excluding hydrogens is 289 g/mol. The van der Waals surface area contributed by atoms with Crippen LogP contribution in [-0.4, -0.2) is 9.36 Å². The molecule has 96 valence electrons. The van der Waals surface area contributed by atoms with Crippen molar-refractivity contribution in [3.63, 3.8) is 0 Å². The summed E-state index contributed by atoms with van der Waals surface area (Å²) in [5, 5.41) is 5.26. The van der Waals surface area contributed by atoms with Crippen molar-refractivity contribution in [2.75, 3.05) is 5.32 Å². The quantitative estimate of drug-likeness (QED) is 0.898. The van der Waals surface area contributed by atoms with E-state index in [9.17, 15) is 0 Å². The third-order valence-corrected chi connectivity index (χ3v) is 3.99. The molecule has 0 bridgehead atoms. The molecule has 0 aliphatic rings. The second-order valence-electron chi connectivity index (χ2n) is 3.91. The highest BCUT2D eigenvalue weighted by Crippen LogP contribution is 2.27. The summed E-state index contributed by atoms with van der Waals surface area (Å²) in [5.74, 6) is 0.865. The van der Waals surface area contributed by atoms with E-state index in [0.29, 0.717) is 10.0 Å². The van der Waals surface area contributed by atoms with Gasteiger partial charge in [0, 0.05) is 18.0 Å². The van der Waals surface area contributed by atoms with E-state index in [1.54, 1.807) is 6.07 Å². The minimum absolute atomic E-state index is 0.109. The summed E-state index contributed by atoms with van der Waals surface area (Å²) in [7, 11) is 0. The van der Waals surface area contributed by atoms with E-state index >= 15 is 0 Å². The van der Waals surface area contributed by atoms with Gasteiger partial charge in [0.15, 0.2) is 0 Å². The first-order valence-electron chi connectivity index (χ1n) is 5.64. The summed E-state index contributed by atoms with van der Waals surface area (Å²) in [6.45, 7) is 4.08. The Morgan fingerprint density at radius 2 is 2.11 bits per heavy atom. The topological polar surface area (TPSA) is 37.8 Å². The van der Waals surface area contributed by atoms with Crippen LogP contribution >= 0.6 is 34.7 Å². The van der Waals surface area contributed by atoms with Gasteiger partial charge >= 0.3 is 0 Å². The van der Waals surface area contributed by atoms with Crippen molar-refractivity contribution in [2.24, 2.45) is 0 Å². The summed E-state index contributed by atoms with van der Waals surface area (Å²) in [6.07, 6.45) is 0.847. The third-order valence-electron chi connectivity index (χ3n) is 2.57. The molecule has 3 nitrogen and oxygen atoms in total. The molecule has 0 radical (unpaired) electrons. The van der Waals surface area contributed by atoms with Gasteiger partial charge in [-0.15, -0.1) is 0 Å². The Hall–Kier alpha value is -0.840. The number of aromatic nitrogens is 2. The van der Waals surface area contributed by atoms with Crippen LogP contribution in [0.3, 0.4) is 0 Å². The van der Waals surface area contributed by atoms with Crippen molar-refractivity contribution in [1.29, 1.82) is 0 Å². The lowest BCUT2D eigenvalue weighted by molar-refractivity contribution is 0.876. The molecule has 1 heterocycles. The van der Waals surface area contributed by atoms with Gasteiger partial charge in [0.2, 0.25) is 5.13 Å². The van der Waals surface area contributed by atoms with Crippen LogP contribution in [0.4, 0.5) is 5.13 Å². The number of rotatable bonds is 4. The van der Waals surface area contributed by atoms with E-state index in [0.717, 1.165) is 22.9 Å². The van der Waals surface area contributed by atoms with Crippen LogP contribution in [0.5, 0.6) is 0 Å². The lowest BCUT2D eigenvalue weighted by Crippen LogP contribution is -2.06. The summed E-state index contributed by atoms with van der Waals surface area (Å²) in [6, 6.07) is 5.73. The van der Waals surface area contributed by atoms with Gasteiger partial charge in [-0.25, -0.2) is 4.98 Å². The van der Waals surface area contributed by atoms with E-state index in [2.05, 4.69) is 14.7 Å². The molecule has 0 spiro atoms. The SMILES string of the molecule is CCc1nsc(NC(C)c2ccc(Cl)c(Cl)c2)n1. The third kappa shape index (κ3) is 3.13. The molecule has 1 atom stereocenters. The van der Waals surface area contributed by atoms with Crippen molar-refractivity contribution in [2.45, 2.75) is 26.3 Å². The van der Waals surface area contributed by atoms with Crippen LogP contribution in [-0.2, 0) is 6.42 Å². The van der Waals surface area contributed by atoms with E-state index < -0.39 is 0 Å². The maximum absolute atomic E-state index is 6.00. The molecule has 0 aliphatic carbocycles. The molecule has 1 aromatic heterocycles. The average Bonchev–Trinajstić information content (AvgIpc) is 2.80. The van der Waals surface area contributed by atoms with Crippen LogP contribution in [0.25, 0.3) is 0 Å². The van der Waals surface area contributed by atoms with Gasteiger partial charge in [-0.2, -0.15) is 4.37 Å². The Kier molecular flexibility index (Phi) is 4.43. The van der Waals surface area contributed by atoms with Gasteiger partial charge in [0.25, 0.3) is 0 Å². The fraction of sp³-hybridized carbons (Fsp3) is 0.333. The summed E-state index contributed by atoms with van der Waals surface area (Å²) < 4.78 is 4.23. The number of benzene rings is 1. The molecular formula is C12H13Cl2N3S. The standard InChI is InChI=1S/C12H13Cl2N3S/c1-3-11-16-12(18-17-11)15-7(2)8-4-5-9(13)10(14)6-8/h4-7H,3H2,1-2H3,(H,15,16,17). The van der Waals surface area contributed by atoms with Crippen molar-refractivity contribution < 1.29 is 0 Å². The maximum Gasteiger partial charge on any atom is 0.203 e. The monoisotopic (exact) mass is 301 g/mol. The first kappa shape index (κ1) is 13.6. The zero-order chi connectivity index (χ0) is 13.1. The highest BCUT2D eigenvalue weighted by Gasteiger charge is 2.10. The second-order valence-corrected chi connectivity index (χ2v) is 5.48. The summed E-state index contributed by atoms with van der Waals surface area (Å²) in [5.41, 5.74) is 1.07. The molecule has 6 heteroatoms. The summed E-state index contributed by atoms with van der Waals surface area (Å²) >= 11 is 13.3. The number of hydrogen-bond donors (Lipinski definition) is 1. The Morgan fingerprint density at radius 3 is 2.72 bits per heavy atom. The fourth-order valence-corrected chi connectivity index (χ4v) is 2.55. The van der Waals surface area contributed by atoms with Gasteiger partial charge in [0.05, 0.1) is 16.1 Å². The first-order chi connectivity index (χ1) is 8.60. The molecule has 0 saturated heterocycles. The molecule has 2 aromatic rings. The highest BCUT2D eigenvalue weighted by molar-refractivity contribution is 7.09. The van der Waals surface area contributed by atoms with Crippen LogP contribution < -0.4 is 5.32 Å². The van der Waals surface area contributed by atoms with Crippen LogP contribution in [0, 0.1) is 0 Å². The van der Waals surface area contributed by atoms with Gasteiger partial charge in [-0.1, -0.05) is 36.2 Å². The largest absolute Gasteiger partial charge is 0.354 e. The highest BCUT2D eigenvalue weighted by atomic mass is 35.5. The number of aryl methyl sites for hydroxylation is 1. The van der Waals surface area contributed by atoms with Crippen LogP contribution in [0.15, 0.2) is 18.2 Å². The minimum Gasteiger partial charge on any atom is -0.354 e. The van der Waals surface area contributed by atoms with E-state index in [-0.39, 0.29) is 6.04 Å². The number of anilines is 1. The lowest BCUT2D eigenvalue weighted by atomic mass is 10.1. The van der Waals surface area contributed by atoms with Gasteiger partial charge in [0.1, 0.15) is 5.82 Å². The zero-order valence-corrected chi connectivity index (χ0v) is 12.4. The van der Waals surface area contributed by atoms with Crippen LogP contribution in [0.2, 0.25) is 10.0 Å². The maximum atomic E-state index is 6.00. The van der Waals surface area contributed by atoms with Gasteiger partial charge in [-0.3, -0.25) is 0 Å². The van der Waals surface area contributed by atoms with Crippen molar-refractivity contribution in [1.82, 2.24) is 9.36 Å². The van der Waals surface area contributed by atoms with Crippen molar-refractivity contribution >= 4 is 39.9 Å². The van der Waals surface area contributed by atoms with E-state index in [1.165, 1.54) is 11.5 Å². The van der Waals surface area contributed by atoms with Gasteiger partial charge < -0.3 is 5.32 Å². The van der Waals surface area contributed by atoms with E-state index in [4.69, 9.17) is 23.2 Å². The molecule has 2 rings (SSSR count). The predicted molar refractivity (Wildman–Crippen MR) is 77.8 cm³/mol. The Balaban J connectivity index is 2.11. The molecule has 18 heavy (non-hydrogen) atoms. The molecule has 1 aromatic carbocycles.